The van der Waals surface area contributed by atoms with Crippen molar-refractivity contribution in [2.45, 2.75) is 25.8 Å². The molecule has 2 atom stereocenters. The summed E-state index contributed by atoms with van der Waals surface area (Å²) in [7, 11) is 0. The zero-order chi connectivity index (χ0) is 21.7. The number of nitriles is 1. The van der Waals surface area contributed by atoms with E-state index >= 15 is 0 Å². The predicted octanol–water partition coefficient (Wildman–Crippen LogP) is 5.34. The van der Waals surface area contributed by atoms with Crippen molar-refractivity contribution in [3.8, 4) is 6.07 Å². The van der Waals surface area contributed by atoms with Gasteiger partial charge in [0.25, 0.3) is 0 Å². The summed E-state index contributed by atoms with van der Waals surface area (Å²) in [6.45, 7) is 1.91. The number of hydrazone groups is 1. The van der Waals surface area contributed by atoms with Crippen molar-refractivity contribution >= 4 is 29.0 Å². The minimum atomic E-state index is -0.934. The summed E-state index contributed by atoms with van der Waals surface area (Å²) >= 11 is 6.31. The minimum absolute atomic E-state index is 0.0862. The van der Waals surface area contributed by atoms with Crippen LogP contribution in [-0.4, -0.2) is 16.8 Å². The molecule has 154 valence electrons. The van der Waals surface area contributed by atoms with Crippen molar-refractivity contribution in [2.24, 2.45) is 11.0 Å². The van der Waals surface area contributed by atoms with Gasteiger partial charge in [-0.3, -0.25) is 5.01 Å². The number of anilines is 1. The van der Waals surface area contributed by atoms with Gasteiger partial charge in [-0.15, -0.1) is 0 Å². The van der Waals surface area contributed by atoms with Gasteiger partial charge in [-0.2, -0.15) is 10.4 Å². The van der Waals surface area contributed by atoms with Crippen LogP contribution in [0.3, 0.4) is 0 Å². The molecule has 0 unspecified atom stereocenters. The summed E-state index contributed by atoms with van der Waals surface area (Å²) in [6, 6.07) is 16.3. The molecule has 0 saturated carbocycles. The van der Waals surface area contributed by atoms with E-state index in [0.717, 1.165) is 46.9 Å². The maximum Gasteiger partial charge on any atom is 0.335 e. The van der Waals surface area contributed by atoms with Gasteiger partial charge in [0.2, 0.25) is 0 Å². The topological polar surface area (TPSA) is 89.8 Å². The van der Waals surface area contributed by atoms with Crippen molar-refractivity contribution in [3.63, 3.8) is 0 Å². The third-order valence-corrected chi connectivity index (χ3v) is 6.27. The van der Waals surface area contributed by atoms with Crippen LogP contribution >= 0.6 is 11.6 Å². The third kappa shape index (κ3) is 3.18. The van der Waals surface area contributed by atoms with E-state index < -0.39 is 5.97 Å². The molecule has 0 radical (unpaired) electrons. The second kappa shape index (κ2) is 7.29. The highest BCUT2D eigenvalue weighted by atomic mass is 35.5. The van der Waals surface area contributed by atoms with Gasteiger partial charge in [-0.25, -0.2) is 4.79 Å². The fourth-order valence-electron chi connectivity index (χ4n) is 4.50. The molecule has 2 aromatic carbocycles. The van der Waals surface area contributed by atoms with Crippen LogP contribution in [0, 0.1) is 24.2 Å². The summed E-state index contributed by atoms with van der Waals surface area (Å²) in [5.74, 6) is 0.787. The monoisotopic (exact) mass is 431 g/mol. The number of halogens is 1. The highest BCUT2D eigenvalue weighted by Gasteiger charge is 2.43. The SMILES string of the molecule is Cc1ccc([C@@H]2[C@@H]3CCc4cc(C(=O)O)ccc4C3=NN2c2ccc(C#N)c(Cl)c2)o1. The molecule has 1 aliphatic carbocycles. The first kappa shape index (κ1) is 19.4. The van der Waals surface area contributed by atoms with Gasteiger partial charge in [-0.05, 0) is 67.8 Å². The molecule has 0 amide bonds. The molecule has 6 nitrogen and oxygen atoms in total. The van der Waals surface area contributed by atoms with E-state index in [1.54, 1.807) is 24.3 Å². The van der Waals surface area contributed by atoms with Gasteiger partial charge in [-0.1, -0.05) is 17.7 Å². The highest BCUT2D eigenvalue weighted by Crippen LogP contribution is 2.46. The first-order valence-electron chi connectivity index (χ1n) is 9.96. The smallest absolute Gasteiger partial charge is 0.335 e. The lowest BCUT2D eigenvalue weighted by atomic mass is 9.78. The Morgan fingerprint density at radius 1 is 1.26 bits per heavy atom. The van der Waals surface area contributed by atoms with E-state index in [1.807, 2.05) is 36.2 Å². The summed E-state index contributed by atoms with van der Waals surface area (Å²) in [4.78, 5) is 11.4. The van der Waals surface area contributed by atoms with Gasteiger partial charge < -0.3 is 9.52 Å². The number of hydrogen-bond acceptors (Lipinski definition) is 5. The van der Waals surface area contributed by atoms with Gasteiger partial charge in [0.1, 0.15) is 23.6 Å². The highest BCUT2D eigenvalue weighted by molar-refractivity contribution is 6.32. The Labute approximate surface area is 184 Å². The Morgan fingerprint density at radius 2 is 2.10 bits per heavy atom. The summed E-state index contributed by atoms with van der Waals surface area (Å²) < 4.78 is 6.00. The molecule has 1 aromatic heterocycles. The zero-order valence-corrected chi connectivity index (χ0v) is 17.4. The van der Waals surface area contributed by atoms with Crippen LogP contribution < -0.4 is 5.01 Å². The lowest BCUT2D eigenvalue weighted by Crippen LogP contribution is -2.28. The number of carboxylic acids is 1. The largest absolute Gasteiger partial charge is 0.478 e. The number of fused-ring (bicyclic) bond motifs is 3. The first-order valence-corrected chi connectivity index (χ1v) is 10.3. The Kier molecular flexibility index (Phi) is 4.57. The molecule has 1 aliphatic heterocycles. The van der Waals surface area contributed by atoms with E-state index in [4.69, 9.17) is 21.1 Å². The number of carbonyl (C=O) groups is 1. The van der Waals surface area contributed by atoms with Crippen LogP contribution in [0.4, 0.5) is 5.69 Å². The molecule has 0 saturated heterocycles. The van der Waals surface area contributed by atoms with Crippen molar-refractivity contribution in [1.82, 2.24) is 0 Å². The van der Waals surface area contributed by atoms with E-state index in [0.29, 0.717) is 10.6 Å². The molecule has 3 aromatic rings. The number of hydrogen-bond donors (Lipinski definition) is 1. The van der Waals surface area contributed by atoms with Gasteiger partial charge >= 0.3 is 5.97 Å². The quantitative estimate of drug-likeness (QED) is 0.604. The Morgan fingerprint density at radius 3 is 2.77 bits per heavy atom. The van der Waals surface area contributed by atoms with Crippen molar-refractivity contribution < 1.29 is 14.3 Å². The molecular formula is C24H18ClN3O3. The van der Waals surface area contributed by atoms with E-state index in [9.17, 15) is 15.2 Å². The van der Waals surface area contributed by atoms with Crippen LogP contribution in [0.1, 0.15) is 51.0 Å². The van der Waals surface area contributed by atoms with E-state index in [1.165, 1.54) is 0 Å². The van der Waals surface area contributed by atoms with Crippen LogP contribution in [0.25, 0.3) is 0 Å². The van der Waals surface area contributed by atoms with E-state index in [2.05, 4.69) is 6.07 Å². The zero-order valence-electron chi connectivity index (χ0n) is 16.7. The van der Waals surface area contributed by atoms with Crippen LogP contribution in [0.15, 0.2) is 58.0 Å². The summed E-state index contributed by atoms with van der Waals surface area (Å²) in [6.07, 6.45) is 1.58. The summed E-state index contributed by atoms with van der Waals surface area (Å²) in [5.41, 5.74) is 4.34. The lowest BCUT2D eigenvalue weighted by Gasteiger charge is -2.29. The molecule has 0 spiro atoms. The Balaban J connectivity index is 1.64. The number of nitrogens with zero attached hydrogens (tertiary/aromatic N) is 3. The molecule has 2 aliphatic rings. The van der Waals surface area contributed by atoms with Crippen LogP contribution in [0.5, 0.6) is 0 Å². The third-order valence-electron chi connectivity index (χ3n) is 5.95. The Hall–Kier alpha value is -3.56. The number of furan rings is 1. The fourth-order valence-corrected chi connectivity index (χ4v) is 4.72. The minimum Gasteiger partial charge on any atom is -0.478 e. The average Bonchev–Trinajstić information content (AvgIpc) is 3.36. The normalized spacial score (nSPS) is 19.4. The molecule has 0 fully saturated rings. The van der Waals surface area contributed by atoms with Crippen LogP contribution in [-0.2, 0) is 6.42 Å². The first-order chi connectivity index (χ1) is 15.0. The van der Waals surface area contributed by atoms with Gasteiger partial charge in [0, 0.05) is 11.5 Å². The number of aromatic carboxylic acids is 1. The van der Waals surface area contributed by atoms with Crippen molar-refractivity contribution in [2.75, 3.05) is 5.01 Å². The molecular weight excluding hydrogens is 414 g/mol. The molecule has 7 heteroatoms. The molecule has 0 bridgehead atoms. The standard InChI is InChI=1S/C24H18ClN3O3/c1-13-2-9-21(31-13)23-19-8-4-14-10-15(24(29)30)5-7-18(14)22(19)27-28(23)17-6-3-16(12-26)20(25)11-17/h2-3,5-7,9-11,19,23H,4,8H2,1H3,(H,29,30)/t19-,23+/m1/s1. The second-order valence-corrected chi connectivity index (χ2v) is 8.23. The number of carboxylic acid groups (broad SMARTS) is 1. The molecule has 2 heterocycles. The lowest BCUT2D eigenvalue weighted by molar-refractivity contribution is 0.0696. The average molecular weight is 432 g/mol. The summed E-state index contributed by atoms with van der Waals surface area (Å²) in [5, 5.41) is 25.8. The predicted molar refractivity (Wildman–Crippen MR) is 117 cm³/mol. The fraction of sp³-hybridized carbons (Fsp3) is 0.208. The molecule has 1 N–H and O–H groups in total. The van der Waals surface area contributed by atoms with Crippen molar-refractivity contribution in [1.29, 1.82) is 5.26 Å². The number of rotatable bonds is 3. The maximum atomic E-state index is 11.4. The number of benzene rings is 2. The number of aryl methyl sites for hydroxylation is 2. The molecule has 5 rings (SSSR count). The van der Waals surface area contributed by atoms with Crippen molar-refractivity contribution in [3.05, 3.63) is 87.3 Å². The van der Waals surface area contributed by atoms with Crippen LogP contribution in [0.2, 0.25) is 5.02 Å². The maximum absolute atomic E-state index is 11.4. The Bertz CT molecular complexity index is 1290. The molecule has 31 heavy (non-hydrogen) atoms. The van der Waals surface area contributed by atoms with Gasteiger partial charge in [0.15, 0.2) is 0 Å². The second-order valence-electron chi connectivity index (χ2n) is 7.82. The van der Waals surface area contributed by atoms with E-state index in [-0.39, 0.29) is 17.5 Å². The van der Waals surface area contributed by atoms with Gasteiger partial charge in [0.05, 0.1) is 27.5 Å².